The summed E-state index contributed by atoms with van der Waals surface area (Å²) in [4.78, 5) is 0. The van der Waals surface area contributed by atoms with E-state index in [0.717, 1.165) is 0 Å². The summed E-state index contributed by atoms with van der Waals surface area (Å²) < 4.78 is 2.28. The Morgan fingerprint density at radius 3 is 2.10 bits per heavy atom. The molecule has 0 aliphatic carbocycles. The monoisotopic (exact) mass is 426 g/mol. The fraction of sp³-hybridized carbons (Fsp3) is 0.345. The van der Waals surface area contributed by atoms with Crippen molar-refractivity contribution in [3.63, 3.8) is 0 Å². The summed E-state index contributed by atoms with van der Waals surface area (Å²) in [6, 6.07) is 22.9. The van der Waals surface area contributed by atoms with E-state index < -0.39 is 8.07 Å². The molecule has 0 bridgehead atoms. The molecule has 4 aromatic rings. The van der Waals surface area contributed by atoms with Crippen LogP contribution in [0.25, 0.3) is 32.8 Å². The van der Waals surface area contributed by atoms with Crippen LogP contribution in [0.15, 0.2) is 54.7 Å². The van der Waals surface area contributed by atoms with E-state index >= 15 is 0 Å². The number of aromatic nitrogens is 1. The summed E-state index contributed by atoms with van der Waals surface area (Å²) >= 11 is 0. The van der Waals surface area contributed by atoms with Gasteiger partial charge >= 0.3 is 0 Å². The van der Waals surface area contributed by atoms with Crippen molar-refractivity contribution < 1.29 is 4.57 Å². The minimum atomic E-state index is -1.37. The molecule has 0 fully saturated rings. The van der Waals surface area contributed by atoms with E-state index in [1.165, 1.54) is 67.6 Å². The Balaban J connectivity index is 2.00. The maximum absolute atomic E-state index is 2.51. The molecule has 3 aromatic carbocycles. The van der Waals surface area contributed by atoms with Crippen LogP contribution < -0.4 is 9.75 Å². The first-order valence-corrected chi connectivity index (χ1v) is 14.4. The lowest BCUT2D eigenvalue weighted by atomic mass is 9.93. The summed E-state index contributed by atoms with van der Waals surface area (Å²) in [5.74, 6) is 0. The van der Waals surface area contributed by atoms with Gasteiger partial charge in [-0.2, -0.15) is 0 Å². The third-order valence-corrected chi connectivity index (χ3v) is 13.4. The van der Waals surface area contributed by atoms with Gasteiger partial charge in [0.1, 0.15) is 7.05 Å². The molecule has 0 saturated heterocycles. The molecule has 0 aliphatic heterocycles. The SMILES string of the molecule is CC[Si](CC)(CC)c1ccc2c(ccc3c(-c4cc(C)cc(C)c4C)[n+](C)ccc32)c1. The van der Waals surface area contributed by atoms with Gasteiger partial charge in [-0.25, -0.2) is 4.57 Å². The topological polar surface area (TPSA) is 3.88 Å². The third kappa shape index (κ3) is 3.51. The fourth-order valence-corrected chi connectivity index (χ4v) is 9.13. The number of fused-ring (bicyclic) bond motifs is 3. The average molecular weight is 427 g/mol. The quantitative estimate of drug-likeness (QED) is 0.182. The standard InChI is InChI=1S/C29H36NSi/c1-8-31(9-2,10-3)24-12-14-25-23(19-24)11-13-27-26(25)15-16-30(7)29(27)28-18-20(4)17-21(5)22(28)6/h11-19H,8-10H2,1-7H3/q+1. The van der Waals surface area contributed by atoms with Gasteiger partial charge in [-0.05, 0) is 54.8 Å². The summed E-state index contributed by atoms with van der Waals surface area (Å²) in [5.41, 5.74) is 6.70. The molecule has 160 valence electrons. The van der Waals surface area contributed by atoms with Crippen LogP contribution in [-0.2, 0) is 7.05 Å². The van der Waals surface area contributed by atoms with Crippen LogP contribution in [-0.4, -0.2) is 8.07 Å². The summed E-state index contributed by atoms with van der Waals surface area (Å²) in [5, 5.41) is 7.07. The van der Waals surface area contributed by atoms with Crippen LogP contribution in [0.4, 0.5) is 0 Å². The number of pyridine rings is 1. The highest BCUT2D eigenvalue weighted by Crippen LogP contribution is 2.34. The van der Waals surface area contributed by atoms with Crippen molar-refractivity contribution in [2.45, 2.75) is 59.7 Å². The summed E-state index contributed by atoms with van der Waals surface area (Å²) in [6.45, 7) is 13.8. The molecule has 0 radical (unpaired) electrons. The first-order valence-electron chi connectivity index (χ1n) is 11.8. The molecule has 0 N–H and O–H groups in total. The van der Waals surface area contributed by atoms with Gasteiger partial charge in [0.25, 0.3) is 0 Å². The van der Waals surface area contributed by atoms with Gasteiger partial charge in [0.05, 0.1) is 19.0 Å². The van der Waals surface area contributed by atoms with Crippen molar-refractivity contribution in [2.75, 3.05) is 0 Å². The Kier molecular flexibility index (Phi) is 5.78. The lowest BCUT2D eigenvalue weighted by molar-refractivity contribution is -0.659. The normalized spacial score (nSPS) is 12.1. The second kappa shape index (κ2) is 8.24. The van der Waals surface area contributed by atoms with E-state index in [1.807, 2.05) is 0 Å². The maximum Gasteiger partial charge on any atom is 0.220 e. The highest BCUT2D eigenvalue weighted by molar-refractivity contribution is 6.91. The highest BCUT2D eigenvalue weighted by atomic mass is 28.3. The van der Waals surface area contributed by atoms with Gasteiger partial charge in [-0.1, -0.05) is 80.0 Å². The molecule has 1 aromatic heterocycles. The van der Waals surface area contributed by atoms with E-state index in [4.69, 9.17) is 0 Å². The Morgan fingerprint density at radius 2 is 1.42 bits per heavy atom. The Hall–Kier alpha value is -2.45. The molecular weight excluding hydrogens is 390 g/mol. The number of nitrogens with zero attached hydrogens (tertiary/aromatic N) is 1. The summed E-state index contributed by atoms with van der Waals surface area (Å²) in [6.07, 6.45) is 2.23. The van der Waals surface area contributed by atoms with E-state index in [2.05, 4.69) is 108 Å². The minimum Gasteiger partial charge on any atom is -0.200 e. The molecule has 4 rings (SSSR count). The van der Waals surface area contributed by atoms with Crippen LogP contribution in [0.5, 0.6) is 0 Å². The molecule has 0 unspecified atom stereocenters. The fourth-order valence-electron chi connectivity index (χ4n) is 5.50. The smallest absolute Gasteiger partial charge is 0.200 e. The number of aryl methyl sites for hydroxylation is 3. The lowest BCUT2D eigenvalue weighted by Gasteiger charge is -2.29. The largest absolute Gasteiger partial charge is 0.220 e. The van der Waals surface area contributed by atoms with Crippen molar-refractivity contribution in [1.82, 2.24) is 0 Å². The van der Waals surface area contributed by atoms with Gasteiger partial charge in [0, 0.05) is 11.5 Å². The average Bonchev–Trinajstić information content (AvgIpc) is 2.77. The number of rotatable bonds is 5. The van der Waals surface area contributed by atoms with Crippen molar-refractivity contribution in [3.8, 4) is 11.3 Å². The molecule has 1 heterocycles. The zero-order valence-electron chi connectivity index (χ0n) is 20.3. The zero-order chi connectivity index (χ0) is 22.3. The lowest BCUT2D eigenvalue weighted by Crippen LogP contribution is -2.45. The minimum absolute atomic E-state index is 1.31. The predicted octanol–water partition coefficient (Wildman–Crippen LogP) is 7.13. The predicted molar refractivity (Wildman–Crippen MR) is 139 cm³/mol. The van der Waals surface area contributed by atoms with E-state index in [-0.39, 0.29) is 0 Å². The molecule has 31 heavy (non-hydrogen) atoms. The third-order valence-electron chi connectivity index (χ3n) is 7.84. The first-order chi connectivity index (χ1) is 14.8. The van der Waals surface area contributed by atoms with Gasteiger partial charge in [-0.3, -0.25) is 0 Å². The Morgan fingerprint density at radius 1 is 0.742 bits per heavy atom. The molecule has 0 aliphatic rings. The number of benzene rings is 3. The molecule has 0 atom stereocenters. The number of hydrogen-bond donors (Lipinski definition) is 0. The zero-order valence-corrected chi connectivity index (χ0v) is 21.3. The Labute approximate surface area is 188 Å². The molecule has 2 heteroatoms. The second-order valence-corrected chi connectivity index (χ2v) is 14.6. The molecule has 1 nitrogen and oxygen atoms in total. The van der Waals surface area contributed by atoms with Crippen molar-refractivity contribution in [1.29, 1.82) is 0 Å². The molecular formula is C29H36NSi+. The maximum atomic E-state index is 2.51. The van der Waals surface area contributed by atoms with Gasteiger partial charge < -0.3 is 0 Å². The van der Waals surface area contributed by atoms with E-state index in [0.29, 0.717) is 0 Å². The van der Waals surface area contributed by atoms with Crippen molar-refractivity contribution in [3.05, 3.63) is 71.4 Å². The molecule has 0 saturated carbocycles. The van der Waals surface area contributed by atoms with Crippen LogP contribution in [0.2, 0.25) is 18.1 Å². The Bertz CT molecular complexity index is 1270. The van der Waals surface area contributed by atoms with Crippen LogP contribution >= 0.6 is 0 Å². The van der Waals surface area contributed by atoms with Crippen LogP contribution in [0, 0.1) is 20.8 Å². The van der Waals surface area contributed by atoms with Crippen LogP contribution in [0.1, 0.15) is 37.5 Å². The summed E-state index contributed by atoms with van der Waals surface area (Å²) in [7, 11) is 0.795. The molecule has 0 amide bonds. The van der Waals surface area contributed by atoms with Crippen LogP contribution in [0.3, 0.4) is 0 Å². The van der Waals surface area contributed by atoms with E-state index in [1.54, 1.807) is 5.19 Å². The van der Waals surface area contributed by atoms with Gasteiger partial charge in [0.2, 0.25) is 5.69 Å². The van der Waals surface area contributed by atoms with E-state index in [9.17, 15) is 0 Å². The van der Waals surface area contributed by atoms with Gasteiger partial charge in [0.15, 0.2) is 6.20 Å². The first kappa shape index (κ1) is 21.8. The van der Waals surface area contributed by atoms with Gasteiger partial charge in [-0.15, -0.1) is 0 Å². The van der Waals surface area contributed by atoms with Crippen molar-refractivity contribution >= 4 is 34.8 Å². The number of hydrogen-bond acceptors (Lipinski definition) is 0. The van der Waals surface area contributed by atoms with Crippen molar-refractivity contribution in [2.24, 2.45) is 7.05 Å². The molecule has 0 spiro atoms. The highest BCUT2D eigenvalue weighted by Gasteiger charge is 2.29. The second-order valence-electron chi connectivity index (χ2n) is 9.33.